The number of ether oxygens (including phenoxy) is 5. The molecular formula is C22H26N4O8. The lowest BCUT2D eigenvalue weighted by atomic mass is 10.1. The number of nitro benzene ring substituents is 1. The van der Waals surface area contributed by atoms with Gasteiger partial charge in [-0.2, -0.15) is 4.86 Å². The summed E-state index contributed by atoms with van der Waals surface area (Å²) in [6.45, 7) is 3.70. The Bertz CT molecular complexity index is 1030. The maximum atomic E-state index is 12.4. The number of nitrogens with one attached hydrogen (secondary N) is 1. The maximum absolute atomic E-state index is 12.4. The molecule has 0 aliphatic carbocycles. The fraction of sp³-hybridized carbons (Fsp3) is 0.455. The fourth-order valence-corrected chi connectivity index (χ4v) is 3.78. The van der Waals surface area contributed by atoms with Gasteiger partial charge in [0.15, 0.2) is 12.1 Å². The SMILES string of the molecule is COc1ccc(COC2C(C/[N+]([O-])=N\Nc3ccc([N+](=O)[O-])cc3)OC3OC(C)(C)OC32)cc1. The van der Waals surface area contributed by atoms with E-state index in [-0.39, 0.29) is 18.8 Å². The van der Waals surface area contributed by atoms with Gasteiger partial charge in [0.2, 0.25) is 0 Å². The van der Waals surface area contributed by atoms with Gasteiger partial charge in [-0.25, -0.2) is 0 Å². The summed E-state index contributed by atoms with van der Waals surface area (Å²) in [4.78, 5) is 10.7. The van der Waals surface area contributed by atoms with Crippen molar-refractivity contribution in [2.24, 2.45) is 5.22 Å². The largest absolute Gasteiger partial charge is 0.696 e. The lowest BCUT2D eigenvalue weighted by Crippen LogP contribution is -2.40. The molecule has 2 aromatic carbocycles. The van der Waals surface area contributed by atoms with Crippen molar-refractivity contribution in [1.29, 1.82) is 0 Å². The summed E-state index contributed by atoms with van der Waals surface area (Å²) < 4.78 is 29.0. The van der Waals surface area contributed by atoms with E-state index in [0.29, 0.717) is 10.5 Å². The van der Waals surface area contributed by atoms with Crippen LogP contribution in [0.5, 0.6) is 5.75 Å². The highest BCUT2D eigenvalue weighted by Gasteiger charge is 2.55. The second kappa shape index (κ2) is 9.89. The van der Waals surface area contributed by atoms with Crippen LogP contribution in [0.3, 0.4) is 0 Å². The van der Waals surface area contributed by atoms with Crippen LogP contribution in [0.2, 0.25) is 0 Å². The number of hydroxylamine groups is 1. The number of nitro groups is 1. The molecule has 34 heavy (non-hydrogen) atoms. The van der Waals surface area contributed by atoms with Crippen molar-refractivity contribution in [3.63, 3.8) is 0 Å². The molecule has 2 aliphatic heterocycles. The Hall–Kier alpha value is -3.32. The van der Waals surface area contributed by atoms with Gasteiger partial charge in [-0.3, -0.25) is 10.1 Å². The molecule has 1 N–H and O–H groups in total. The molecule has 2 saturated heterocycles. The minimum absolute atomic E-state index is 0.0600. The van der Waals surface area contributed by atoms with Gasteiger partial charge in [0.25, 0.3) is 5.69 Å². The lowest BCUT2D eigenvalue weighted by Gasteiger charge is -2.26. The van der Waals surface area contributed by atoms with Crippen molar-refractivity contribution in [3.8, 4) is 5.75 Å². The molecule has 4 unspecified atom stereocenters. The molecule has 2 aromatic rings. The van der Waals surface area contributed by atoms with Crippen molar-refractivity contribution in [1.82, 2.24) is 0 Å². The average Bonchev–Trinajstić information content (AvgIpc) is 3.27. The summed E-state index contributed by atoms with van der Waals surface area (Å²) >= 11 is 0. The number of nitrogens with zero attached hydrogens (tertiary/aromatic N) is 3. The van der Waals surface area contributed by atoms with E-state index in [4.69, 9.17) is 23.7 Å². The number of benzene rings is 2. The van der Waals surface area contributed by atoms with Gasteiger partial charge in [-0.15, -0.1) is 5.43 Å². The summed E-state index contributed by atoms with van der Waals surface area (Å²) in [7, 11) is 1.60. The van der Waals surface area contributed by atoms with Crippen molar-refractivity contribution >= 4 is 11.4 Å². The molecule has 0 spiro atoms. The Morgan fingerprint density at radius 2 is 1.79 bits per heavy atom. The first-order valence-electron chi connectivity index (χ1n) is 10.7. The van der Waals surface area contributed by atoms with Crippen LogP contribution in [0.15, 0.2) is 53.8 Å². The van der Waals surface area contributed by atoms with E-state index >= 15 is 0 Å². The number of anilines is 1. The third kappa shape index (κ3) is 5.59. The number of hydrogen-bond donors (Lipinski definition) is 1. The van der Waals surface area contributed by atoms with Gasteiger partial charge in [-0.05, 0) is 43.7 Å². The zero-order valence-corrected chi connectivity index (χ0v) is 19.0. The van der Waals surface area contributed by atoms with Crippen LogP contribution in [-0.4, -0.2) is 53.8 Å². The minimum atomic E-state index is -0.832. The number of non-ortho nitro benzene ring substituents is 1. The molecule has 0 radical (unpaired) electrons. The summed E-state index contributed by atoms with van der Waals surface area (Å²) in [6.07, 6.45) is -2.41. The molecule has 4 rings (SSSR count). The van der Waals surface area contributed by atoms with Crippen molar-refractivity contribution in [2.45, 2.75) is 50.8 Å². The van der Waals surface area contributed by atoms with Crippen molar-refractivity contribution < 1.29 is 33.5 Å². The molecule has 0 bridgehead atoms. The first-order valence-corrected chi connectivity index (χ1v) is 10.7. The second-order valence-corrected chi connectivity index (χ2v) is 8.32. The van der Waals surface area contributed by atoms with Crippen LogP contribution in [0, 0.1) is 15.3 Å². The van der Waals surface area contributed by atoms with Gasteiger partial charge >= 0.3 is 0 Å². The number of hydrogen-bond acceptors (Lipinski definition) is 9. The topological polar surface area (TPSA) is 140 Å². The number of rotatable bonds is 9. The molecule has 0 amide bonds. The highest BCUT2D eigenvalue weighted by molar-refractivity contribution is 5.47. The standard InChI is InChI=1S/C22H26N4O8/c1-22(2)33-20-19(31-13-14-4-10-17(30-3)11-5-14)18(32-21(20)34-22)12-25(27)24-23-15-6-8-16(9-7-15)26(28)29/h4-11,18-21,23H,12-13H2,1-3H3/b25-24+. The molecule has 0 aromatic heterocycles. The van der Waals surface area contributed by atoms with E-state index in [2.05, 4.69) is 10.6 Å². The Morgan fingerprint density at radius 1 is 1.09 bits per heavy atom. The molecule has 12 heteroatoms. The Morgan fingerprint density at radius 3 is 2.44 bits per heavy atom. The minimum Gasteiger partial charge on any atom is -0.696 e. The molecule has 12 nitrogen and oxygen atoms in total. The summed E-state index contributed by atoms with van der Waals surface area (Å²) in [5.74, 6) is -0.0922. The van der Waals surface area contributed by atoms with Crippen LogP contribution < -0.4 is 10.2 Å². The molecule has 4 atom stereocenters. The predicted octanol–water partition coefficient (Wildman–Crippen LogP) is 3.35. The number of fused-ring (bicyclic) bond motifs is 1. The van der Waals surface area contributed by atoms with Gasteiger partial charge in [0.1, 0.15) is 36.3 Å². The second-order valence-electron chi connectivity index (χ2n) is 8.32. The summed E-state index contributed by atoms with van der Waals surface area (Å²) in [5.41, 5.74) is 3.86. The predicted molar refractivity (Wildman–Crippen MR) is 118 cm³/mol. The van der Waals surface area contributed by atoms with E-state index in [1.54, 1.807) is 21.0 Å². The van der Waals surface area contributed by atoms with Gasteiger partial charge in [0.05, 0.1) is 23.9 Å². The van der Waals surface area contributed by atoms with Crippen LogP contribution in [0.4, 0.5) is 11.4 Å². The van der Waals surface area contributed by atoms with E-state index < -0.39 is 35.3 Å². The van der Waals surface area contributed by atoms with Gasteiger partial charge < -0.3 is 28.9 Å². The van der Waals surface area contributed by atoms with Gasteiger partial charge in [0, 0.05) is 12.1 Å². The normalized spacial score (nSPS) is 25.7. The Labute approximate surface area is 195 Å². The van der Waals surface area contributed by atoms with Crippen LogP contribution >= 0.6 is 0 Å². The molecule has 182 valence electrons. The van der Waals surface area contributed by atoms with Gasteiger partial charge in [-0.1, -0.05) is 12.1 Å². The zero-order valence-electron chi connectivity index (χ0n) is 19.0. The Kier molecular flexibility index (Phi) is 6.93. The van der Waals surface area contributed by atoms with E-state index in [1.807, 2.05) is 24.3 Å². The van der Waals surface area contributed by atoms with Crippen LogP contribution in [0.25, 0.3) is 0 Å². The van der Waals surface area contributed by atoms with Crippen LogP contribution in [-0.2, 0) is 25.6 Å². The monoisotopic (exact) mass is 474 g/mol. The summed E-state index contributed by atoms with van der Waals surface area (Å²) in [5, 5.41) is 26.9. The maximum Gasteiger partial charge on any atom is 0.269 e. The Balaban J connectivity index is 1.40. The molecule has 0 saturated carbocycles. The van der Waals surface area contributed by atoms with E-state index in [1.165, 1.54) is 24.3 Å². The highest BCUT2D eigenvalue weighted by atomic mass is 16.8. The first-order chi connectivity index (χ1) is 16.2. The molecule has 2 aliphatic rings. The molecular weight excluding hydrogens is 448 g/mol. The zero-order chi connectivity index (χ0) is 24.3. The van der Waals surface area contributed by atoms with Crippen molar-refractivity contribution in [3.05, 3.63) is 69.4 Å². The van der Waals surface area contributed by atoms with E-state index in [9.17, 15) is 15.3 Å². The smallest absolute Gasteiger partial charge is 0.269 e. The first kappa shape index (κ1) is 23.8. The van der Waals surface area contributed by atoms with Crippen LogP contribution in [0.1, 0.15) is 19.4 Å². The van der Waals surface area contributed by atoms with E-state index in [0.717, 1.165) is 11.3 Å². The quantitative estimate of drug-likeness (QED) is 0.251. The molecule has 2 heterocycles. The highest BCUT2D eigenvalue weighted by Crippen LogP contribution is 2.39. The fourth-order valence-electron chi connectivity index (χ4n) is 3.78. The third-order valence-corrected chi connectivity index (χ3v) is 5.39. The molecule has 2 fully saturated rings. The van der Waals surface area contributed by atoms with Crippen molar-refractivity contribution in [2.75, 3.05) is 19.1 Å². The number of methoxy groups -OCH3 is 1. The lowest BCUT2D eigenvalue weighted by molar-refractivity contribution is -0.540. The average molecular weight is 474 g/mol. The summed E-state index contributed by atoms with van der Waals surface area (Å²) in [6, 6.07) is 13.0. The third-order valence-electron chi connectivity index (χ3n) is 5.39.